The molecule has 0 bridgehead atoms. The van der Waals surface area contributed by atoms with Gasteiger partial charge in [-0.3, -0.25) is 4.57 Å². The molecule has 0 fully saturated rings. The largest absolute Gasteiger partial charge is 0.420 e. The Morgan fingerprint density at radius 3 is 2.12 bits per heavy atom. The van der Waals surface area contributed by atoms with Crippen LogP contribution in [0.15, 0.2) is 94.1 Å². The Kier molecular flexibility index (Phi) is 4.28. The van der Waals surface area contributed by atoms with Gasteiger partial charge in [0, 0.05) is 11.1 Å². The third-order valence-electron chi connectivity index (χ3n) is 4.51. The average molecular weight is 341 g/mol. The van der Waals surface area contributed by atoms with Crippen molar-refractivity contribution in [3.05, 3.63) is 107 Å². The number of benzene rings is 3. The summed E-state index contributed by atoms with van der Waals surface area (Å²) >= 11 is 0. The lowest BCUT2D eigenvalue weighted by molar-refractivity contribution is 0.497. The lowest BCUT2D eigenvalue weighted by Gasteiger charge is -2.11. The summed E-state index contributed by atoms with van der Waals surface area (Å²) in [6.45, 7) is 2.52. The van der Waals surface area contributed by atoms with Crippen LogP contribution in [0.5, 0.6) is 0 Å². The Labute approximate surface area is 152 Å². The normalized spacial score (nSPS) is 10.8. The van der Waals surface area contributed by atoms with Crippen LogP contribution in [-0.2, 0) is 6.54 Å². The van der Waals surface area contributed by atoms with Gasteiger partial charge in [0.25, 0.3) is 0 Å². The van der Waals surface area contributed by atoms with Crippen molar-refractivity contribution in [2.24, 2.45) is 0 Å². The van der Waals surface area contributed by atoms with Gasteiger partial charge in [-0.2, -0.15) is 0 Å². The van der Waals surface area contributed by atoms with E-state index in [1.54, 1.807) is 4.57 Å². The third-order valence-corrected chi connectivity index (χ3v) is 4.51. The molecule has 0 spiro atoms. The van der Waals surface area contributed by atoms with Gasteiger partial charge in [0.15, 0.2) is 5.76 Å². The van der Waals surface area contributed by atoms with Gasteiger partial charge in [-0.1, -0.05) is 84.9 Å². The summed E-state index contributed by atoms with van der Waals surface area (Å²) in [5.74, 6) is 0.270. The first-order valence-corrected chi connectivity index (χ1v) is 8.63. The molecule has 1 aromatic heterocycles. The van der Waals surface area contributed by atoms with Gasteiger partial charge in [-0.05, 0) is 18.1 Å². The summed E-state index contributed by atoms with van der Waals surface area (Å²) in [6.07, 6.45) is 0. The number of aryl methyl sites for hydroxylation is 1. The zero-order chi connectivity index (χ0) is 17.9. The molecule has 0 radical (unpaired) electrons. The molecule has 0 saturated heterocycles. The molecule has 4 aromatic rings. The summed E-state index contributed by atoms with van der Waals surface area (Å²) < 4.78 is 7.44. The molecule has 4 rings (SSSR count). The molecule has 0 amide bonds. The summed E-state index contributed by atoms with van der Waals surface area (Å²) in [4.78, 5) is 12.7. The van der Waals surface area contributed by atoms with E-state index in [9.17, 15) is 4.79 Å². The van der Waals surface area contributed by atoms with Crippen molar-refractivity contribution in [3.8, 4) is 22.6 Å². The molecule has 26 heavy (non-hydrogen) atoms. The molecule has 3 nitrogen and oxygen atoms in total. The van der Waals surface area contributed by atoms with Crippen LogP contribution >= 0.6 is 0 Å². The van der Waals surface area contributed by atoms with E-state index in [0.29, 0.717) is 12.3 Å². The van der Waals surface area contributed by atoms with Crippen LogP contribution in [0.3, 0.4) is 0 Å². The highest BCUT2D eigenvalue weighted by atomic mass is 16.4. The molecule has 0 atom stereocenters. The second-order valence-corrected chi connectivity index (χ2v) is 6.30. The fourth-order valence-corrected chi connectivity index (χ4v) is 3.21. The Morgan fingerprint density at radius 1 is 0.808 bits per heavy atom. The monoisotopic (exact) mass is 341 g/mol. The third kappa shape index (κ3) is 3.00. The summed E-state index contributed by atoms with van der Waals surface area (Å²) in [6, 6.07) is 27.8. The zero-order valence-corrected chi connectivity index (χ0v) is 14.6. The van der Waals surface area contributed by atoms with Crippen molar-refractivity contribution in [2.45, 2.75) is 13.5 Å². The van der Waals surface area contributed by atoms with E-state index < -0.39 is 0 Å². The van der Waals surface area contributed by atoms with Crippen molar-refractivity contribution in [2.75, 3.05) is 0 Å². The van der Waals surface area contributed by atoms with Gasteiger partial charge in [-0.25, -0.2) is 4.79 Å². The standard InChI is InChI=1S/C23H19NO2/c1-17-10-8-9-15-20(17)21-22(19-13-6-3-7-14-19)26-23(25)24(21)16-18-11-4-2-5-12-18/h2-15H,16H2,1H3. The molecule has 128 valence electrons. The number of rotatable bonds is 4. The summed E-state index contributed by atoms with van der Waals surface area (Å²) in [7, 11) is 0. The van der Waals surface area contributed by atoms with Crippen LogP contribution in [0, 0.1) is 6.92 Å². The van der Waals surface area contributed by atoms with Crippen LogP contribution < -0.4 is 5.76 Å². The van der Waals surface area contributed by atoms with Crippen molar-refractivity contribution in [1.29, 1.82) is 0 Å². The number of oxazole rings is 1. The fourth-order valence-electron chi connectivity index (χ4n) is 3.21. The molecule has 0 aliphatic carbocycles. The van der Waals surface area contributed by atoms with E-state index >= 15 is 0 Å². The van der Waals surface area contributed by atoms with E-state index in [-0.39, 0.29) is 5.76 Å². The Bertz CT molecular complexity index is 1080. The van der Waals surface area contributed by atoms with Gasteiger partial charge in [-0.15, -0.1) is 0 Å². The van der Waals surface area contributed by atoms with E-state index in [1.807, 2.05) is 78.9 Å². The molecular weight excluding hydrogens is 322 g/mol. The van der Waals surface area contributed by atoms with Gasteiger partial charge >= 0.3 is 5.76 Å². The van der Waals surface area contributed by atoms with Crippen molar-refractivity contribution in [3.63, 3.8) is 0 Å². The minimum Gasteiger partial charge on any atom is -0.407 e. The fraction of sp³-hybridized carbons (Fsp3) is 0.0870. The maximum Gasteiger partial charge on any atom is 0.420 e. The highest BCUT2D eigenvalue weighted by Gasteiger charge is 2.21. The zero-order valence-electron chi connectivity index (χ0n) is 14.6. The predicted octanol–water partition coefficient (Wildman–Crippen LogP) is 5.13. The quantitative estimate of drug-likeness (QED) is 0.516. The average Bonchev–Trinajstić information content (AvgIpc) is 3.00. The van der Waals surface area contributed by atoms with E-state index in [0.717, 1.165) is 27.9 Å². The molecule has 3 heteroatoms. The second-order valence-electron chi connectivity index (χ2n) is 6.30. The van der Waals surface area contributed by atoms with E-state index in [1.165, 1.54) is 0 Å². The highest BCUT2D eigenvalue weighted by Crippen LogP contribution is 2.33. The topological polar surface area (TPSA) is 35.1 Å². The molecule has 0 saturated carbocycles. The van der Waals surface area contributed by atoms with Gasteiger partial charge < -0.3 is 4.42 Å². The van der Waals surface area contributed by atoms with Gasteiger partial charge in [0.1, 0.15) is 0 Å². The minimum atomic E-state index is -0.342. The lowest BCUT2D eigenvalue weighted by Crippen LogP contribution is -2.16. The molecule has 0 unspecified atom stereocenters. The molecular formula is C23H19NO2. The van der Waals surface area contributed by atoms with Gasteiger partial charge in [0.2, 0.25) is 0 Å². The predicted molar refractivity (Wildman–Crippen MR) is 104 cm³/mol. The molecule has 3 aromatic carbocycles. The smallest absolute Gasteiger partial charge is 0.407 e. The van der Waals surface area contributed by atoms with E-state index in [2.05, 4.69) is 13.0 Å². The van der Waals surface area contributed by atoms with Crippen LogP contribution in [0.25, 0.3) is 22.6 Å². The molecule has 1 heterocycles. The first-order chi connectivity index (χ1) is 12.7. The number of hydrogen-bond donors (Lipinski definition) is 0. The Morgan fingerprint density at radius 2 is 1.42 bits per heavy atom. The van der Waals surface area contributed by atoms with Crippen molar-refractivity contribution < 1.29 is 4.42 Å². The van der Waals surface area contributed by atoms with Crippen molar-refractivity contribution >= 4 is 0 Å². The summed E-state index contributed by atoms with van der Waals surface area (Å²) in [5.41, 5.74) is 4.89. The Balaban J connectivity index is 1.96. The molecule has 0 N–H and O–H groups in total. The number of hydrogen-bond acceptors (Lipinski definition) is 2. The lowest BCUT2D eigenvalue weighted by atomic mass is 10.0. The summed E-state index contributed by atoms with van der Waals surface area (Å²) in [5, 5.41) is 0. The molecule has 0 aliphatic rings. The number of aromatic nitrogens is 1. The minimum absolute atomic E-state index is 0.342. The van der Waals surface area contributed by atoms with Crippen LogP contribution in [0.1, 0.15) is 11.1 Å². The van der Waals surface area contributed by atoms with Crippen LogP contribution in [0.2, 0.25) is 0 Å². The van der Waals surface area contributed by atoms with Crippen LogP contribution in [0.4, 0.5) is 0 Å². The molecule has 0 aliphatic heterocycles. The van der Waals surface area contributed by atoms with Crippen molar-refractivity contribution in [1.82, 2.24) is 4.57 Å². The first kappa shape index (κ1) is 16.2. The maximum absolute atomic E-state index is 12.7. The second kappa shape index (κ2) is 6.89. The van der Waals surface area contributed by atoms with Gasteiger partial charge in [0.05, 0.1) is 12.2 Å². The highest BCUT2D eigenvalue weighted by molar-refractivity contribution is 5.78. The first-order valence-electron chi connectivity index (χ1n) is 8.63. The van der Waals surface area contributed by atoms with E-state index in [4.69, 9.17) is 4.42 Å². The Hall–Kier alpha value is -3.33. The number of nitrogens with zero attached hydrogens (tertiary/aromatic N) is 1. The van der Waals surface area contributed by atoms with Crippen LogP contribution in [-0.4, -0.2) is 4.57 Å². The SMILES string of the molecule is Cc1ccccc1-c1c(-c2ccccc2)oc(=O)n1Cc1ccccc1. The maximum atomic E-state index is 12.7.